The zero-order chi connectivity index (χ0) is 13.0. The van der Waals surface area contributed by atoms with E-state index in [0.29, 0.717) is 18.2 Å². The van der Waals surface area contributed by atoms with Crippen LogP contribution in [0.4, 0.5) is 0 Å². The van der Waals surface area contributed by atoms with E-state index in [0.717, 1.165) is 31.4 Å². The average molecular weight is 251 g/mol. The Hall–Kier alpha value is -1.26. The Labute approximate surface area is 108 Å². The Morgan fingerprint density at radius 2 is 2.22 bits per heavy atom. The number of phenolic OH excluding ortho intramolecular Hbond substituents is 1. The minimum absolute atomic E-state index is 0.165. The van der Waals surface area contributed by atoms with Crippen LogP contribution in [0.15, 0.2) is 18.2 Å². The first-order valence-electron chi connectivity index (χ1n) is 6.45. The second-order valence-corrected chi connectivity index (χ2v) is 4.88. The molecule has 0 saturated heterocycles. The van der Waals surface area contributed by atoms with Crippen molar-refractivity contribution in [1.29, 1.82) is 0 Å². The first kappa shape index (κ1) is 13.2. The summed E-state index contributed by atoms with van der Waals surface area (Å²) in [6.45, 7) is 1.41. The van der Waals surface area contributed by atoms with Crippen molar-refractivity contribution in [2.24, 2.45) is 5.92 Å². The Morgan fingerprint density at radius 3 is 2.83 bits per heavy atom. The molecular formula is C14H21NO3. The summed E-state index contributed by atoms with van der Waals surface area (Å²) in [4.78, 5) is 0. The summed E-state index contributed by atoms with van der Waals surface area (Å²) < 4.78 is 5.04. The topological polar surface area (TPSA) is 61.7 Å². The first-order valence-corrected chi connectivity index (χ1v) is 6.45. The summed E-state index contributed by atoms with van der Waals surface area (Å²) in [5.74, 6) is 1.25. The number of hydrogen-bond donors (Lipinski definition) is 3. The molecule has 18 heavy (non-hydrogen) atoms. The fraction of sp³-hybridized carbons (Fsp3) is 0.571. The number of benzene rings is 1. The van der Waals surface area contributed by atoms with Gasteiger partial charge in [0.15, 0.2) is 0 Å². The van der Waals surface area contributed by atoms with Crippen molar-refractivity contribution in [2.45, 2.75) is 31.9 Å². The van der Waals surface area contributed by atoms with Crippen LogP contribution in [-0.2, 0) is 6.54 Å². The number of rotatable bonds is 5. The highest BCUT2D eigenvalue weighted by atomic mass is 16.5. The van der Waals surface area contributed by atoms with Crippen LogP contribution in [0.25, 0.3) is 0 Å². The molecule has 1 fully saturated rings. The van der Waals surface area contributed by atoms with Gasteiger partial charge in [-0.3, -0.25) is 0 Å². The predicted octanol–water partition coefficient (Wildman–Crippen LogP) is 1.65. The van der Waals surface area contributed by atoms with Crippen LogP contribution in [0.1, 0.15) is 24.8 Å². The molecule has 2 rings (SSSR count). The van der Waals surface area contributed by atoms with E-state index in [2.05, 4.69) is 5.32 Å². The summed E-state index contributed by atoms with van der Waals surface area (Å²) in [6, 6.07) is 5.30. The molecule has 0 bridgehead atoms. The van der Waals surface area contributed by atoms with Crippen molar-refractivity contribution in [3.63, 3.8) is 0 Å². The quantitative estimate of drug-likeness (QED) is 0.744. The molecule has 0 heterocycles. The molecule has 3 N–H and O–H groups in total. The van der Waals surface area contributed by atoms with Gasteiger partial charge in [-0.2, -0.15) is 0 Å². The van der Waals surface area contributed by atoms with E-state index in [9.17, 15) is 10.2 Å². The Balaban J connectivity index is 1.83. The van der Waals surface area contributed by atoms with Gasteiger partial charge in [-0.05, 0) is 24.8 Å². The number of nitrogens with one attached hydrogen (secondary N) is 1. The summed E-state index contributed by atoms with van der Waals surface area (Å²) in [5, 5.41) is 22.8. The van der Waals surface area contributed by atoms with Gasteiger partial charge >= 0.3 is 0 Å². The molecule has 1 aliphatic carbocycles. The fourth-order valence-corrected chi connectivity index (χ4v) is 2.47. The lowest BCUT2D eigenvalue weighted by Crippen LogP contribution is -2.27. The van der Waals surface area contributed by atoms with E-state index in [4.69, 9.17) is 4.74 Å². The number of hydrogen-bond acceptors (Lipinski definition) is 4. The molecule has 0 amide bonds. The average Bonchev–Trinajstić information content (AvgIpc) is 2.77. The van der Waals surface area contributed by atoms with Crippen molar-refractivity contribution in [2.75, 3.05) is 13.7 Å². The Morgan fingerprint density at radius 1 is 1.39 bits per heavy atom. The molecule has 1 saturated carbocycles. The van der Waals surface area contributed by atoms with Crippen LogP contribution in [-0.4, -0.2) is 30.0 Å². The van der Waals surface area contributed by atoms with Gasteiger partial charge in [0, 0.05) is 24.7 Å². The maximum absolute atomic E-state index is 9.80. The lowest BCUT2D eigenvalue weighted by atomic mass is 10.1. The number of aliphatic hydroxyl groups is 1. The number of methoxy groups -OCH3 is 1. The highest BCUT2D eigenvalue weighted by Crippen LogP contribution is 2.26. The number of ether oxygens (including phenoxy) is 1. The minimum Gasteiger partial charge on any atom is -0.507 e. The van der Waals surface area contributed by atoms with Gasteiger partial charge in [0.25, 0.3) is 0 Å². The molecule has 1 aliphatic rings. The maximum atomic E-state index is 9.80. The molecule has 1 aromatic carbocycles. The molecule has 2 atom stereocenters. The van der Waals surface area contributed by atoms with Crippen molar-refractivity contribution in [3.8, 4) is 11.5 Å². The van der Waals surface area contributed by atoms with Crippen LogP contribution in [0.2, 0.25) is 0 Å². The number of aromatic hydroxyl groups is 1. The molecule has 2 unspecified atom stereocenters. The molecule has 0 aliphatic heterocycles. The second kappa shape index (κ2) is 6.07. The third kappa shape index (κ3) is 3.15. The fourth-order valence-electron chi connectivity index (χ4n) is 2.47. The zero-order valence-electron chi connectivity index (χ0n) is 10.7. The molecule has 4 heteroatoms. The maximum Gasteiger partial charge on any atom is 0.123 e. The Bertz CT molecular complexity index is 395. The van der Waals surface area contributed by atoms with Gasteiger partial charge in [-0.25, -0.2) is 0 Å². The van der Waals surface area contributed by atoms with Crippen LogP contribution >= 0.6 is 0 Å². The van der Waals surface area contributed by atoms with Gasteiger partial charge in [0.2, 0.25) is 0 Å². The Kier molecular flexibility index (Phi) is 4.44. The lowest BCUT2D eigenvalue weighted by molar-refractivity contribution is 0.131. The van der Waals surface area contributed by atoms with Gasteiger partial charge in [0.05, 0.1) is 13.2 Å². The number of phenols is 1. The van der Waals surface area contributed by atoms with E-state index < -0.39 is 0 Å². The van der Waals surface area contributed by atoms with E-state index in [1.165, 1.54) is 0 Å². The molecular weight excluding hydrogens is 230 g/mol. The lowest BCUT2D eigenvalue weighted by Gasteiger charge is -2.15. The second-order valence-electron chi connectivity index (χ2n) is 4.88. The SMILES string of the molecule is COc1ccc(CNCC2CCCC2O)c(O)c1. The highest BCUT2D eigenvalue weighted by molar-refractivity contribution is 5.39. The molecule has 4 nitrogen and oxygen atoms in total. The van der Waals surface area contributed by atoms with Gasteiger partial charge in [0.1, 0.15) is 11.5 Å². The van der Waals surface area contributed by atoms with E-state index >= 15 is 0 Å². The summed E-state index contributed by atoms with van der Waals surface area (Å²) in [6.07, 6.45) is 2.95. The third-order valence-corrected chi connectivity index (χ3v) is 3.63. The van der Waals surface area contributed by atoms with Crippen LogP contribution < -0.4 is 10.1 Å². The summed E-state index contributed by atoms with van der Waals surface area (Å²) in [7, 11) is 1.58. The normalized spacial score (nSPS) is 23.2. The van der Waals surface area contributed by atoms with Crippen molar-refractivity contribution >= 4 is 0 Å². The van der Waals surface area contributed by atoms with Crippen molar-refractivity contribution in [3.05, 3.63) is 23.8 Å². The first-order chi connectivity index (χ1) is 8.70. The van der Waals surface area contributed by atoms with Gasteiger partial charge in [-0.15, -0.1) is 0 Å². The number of aliphatic hydroxyl groups excluding tert-OH is 1. The molecule has 0 aromatic heterocycles. The van der Waals surface area contributed by atoms with Gasteiger partial charge in [-0.1, -0.05) is 12.5 Å². The third-order valence-electron chi connectivity index (χ3n) is 3.63. The molecule has 0 spiro atoms. The molecule has 1 aromatic rings. The van der Waals surface area contributed by atoms with Crippen LogP contribution in [0.3, 0.4) is 0 Å². The minimum atomic E-state index is -0.165. The van der Waals surface area contributed by atoms with E-state index in [1.807, 2.05) is 12.1 Å². The smallest absolute Gasteiger partial charge is 0.123 e. The van der Waals surface area contributed by atoms with E-state index in [-0.39, 0.29) is 11.9 Å². The zero-order valence-corrected chi connectivity index (χ0v) is 10.7. The van der Waals surface area contributed by atoms with Crippen LogP contribution in [0.5, 0.6) is 11.5 Å². The summed E-state index contributed by atoms with van der Waals surface area (Å²) >= 11 is 0. The summed E-state index contributed by atoms with van der Waals surface area (Å²) in [5.41, 5.74) is 0.850. The highest BCUT2D eigenvalue weighted by Gasteiger charge is 2.24. The van der Waals surface area contributed by atoms with Gasteiger partial charge < -0.3 is 20.3 Å². The standard InChI is InChI=1S/C14H21NO3/c1-18-12-6-5-11(14(17)7-12)9-15-8-10-3-2-4-13(10)16/h5-7,10,13,15-17H,2-4,8-9H2,1H3. The van der Waals surface area contributed by atoms with Crippen molar-refractivity contribution in [1.82, 2.24) is 5.32 Å². The van der Waals surface area contributed by atoms with Crippen molar-refractivity contribution < 1.29 is 14.9 Å². The largest absolute Gasteiger partial charge is 0.507 e. The van der Waals surface area contributed by atoms with E-state index in [1.54, 1.807) is 13.2 Å². The molecule has 100 valence electrons. The van der Waals surface area contributed by atoms with Crippen LogP contribution in [0, 0.1) is 5.92 Å². The predicted molar refractivity (Wildman–Crippen MR) is 69.7 cm³/mol. The monoisotopic (exact) mass is 251 g/mol. The molecule has 0 radical (unpaired) electrons.